The number of likely N-dealkylation sites (N-methyl/N-ethyl adjacent to an activating group) is 1. The second-order valence-corrected chi connectivity index (χ2v) is 6.58. The van der Waals surface area contributed by atoms with Crippen molar-refractivity contribution in [2.75, 3.05) is 23.8 Å². The van der Waals surface area contributed by atoms with E-state index in [4.69, 9.17) is 0 Å². The molecule has 0 aliphatic rings. The maximum Gasteiger partial charge on any atom is 0.337 e. The molecule has 27 heavy (non-hydrogen) atoms. The van der Waals surface area contributed by atoms with Gasteiger partial charge in [-0.1, -0.05) is 6.92 Å². The van der Waals surface area contributed by atoms with Crippen LogP contribution in [0.3, 0.4) is 0 Å². The van der Waals surface area contributed by atoms with Crippen molar-refractivity contribution < 1.29 is 14.7 Å². The number of aromatic nitrogens is 2. The summed E-state index contributed by atoms with van der Waals surface area (Å²) in [6.07, 6.45) is 1.12. The smallest absolute Gasteiger partial charge is 0.337 e. The van der Waals surface area contributed by atoms with E-state index in [9.17, 15) is 14.7 Å². The van der Waals surface area contributed by atoms with Crippen molar-refractivity contribution >= 4 is 23.3 Å². The number of benzene rings is 1. The molecule has 0 aliphatic heterocycles. The van der Waals surface area contributed by atoms with E-state index < -0.39 is 5.97 Å². The molecule has 0 aliphatic carbocycles. The van der Waals surface area contributed by atoms with Crippen LogP contribution < -0.4 is 10.2 Å². The van der Waals surface area contributed by atoms with E-state index in [1.807, 2.05) is 23.6 Å². The third kappa shape index (κ3) is 4.67. The second kappa shape index (κ2) is 8.70. The number of carboxylic acid groups (broad SMARTS) is 1. The van der Waals surface area contributed by atoms with E-state index in [2.05, 4.69) is 24.3 Å². The highest BCUT2D eigenvalue weighted by molar-refractivity contribution is 5.98. The molecular formula is C20H28N4O3. The van der Waals surface area contributed by atoms with Gasteiger partial charge in [-0.3, -0.25) is 9.48 Å². The predicted molar refractivity (Wildman–Crippen MR) is 107 cm³/mol. The normalized spacial score (nSPS) is 10.7. The first kappa shape index (κ1) is 20.5. The summed E-state index contributed by atoms with van der Waals surface area (Å²) in [4.78, 5) is 25.2. The molecule has 2 N–H and O–H groups in total. The number of carbonyl (C=O) groups is 2. The van der Waals surface area contributed by atoms with Crippen molar-refractivity contribution in [3.63, 3.8) is 0 Å². The molecule has 0 saturated heterocycles. The number of aryl methyl sites for hydroxylation is 2. The van der Waals surface area contributed by atoms with Crippen molar-refractivity contribution in [1.29, 1.82) is 0 Å². The Labute approximate surface area is 160 Å². The molecular weight excluding hydrogens is 344 g/mol. The number of aromatic carboxylic acids is 1. The largest absolute Gasteiger partial charge is 0.478 e. The van der Waals surface area contributed by atoms with E-state index in [0.29, 0.717) is 24.3 Å². The summed E-state index contributed by atoms with van der Waals surface area (Å²) in [6.45, 7) is 9.37. The Balaban J connectivity index is 2.20. The summed E-state index contributed by atoms with van der Waals surface area (Å²) in [5, 5.41) is 16.8. The standard InChI is InChI=1S/C20H28N4O3/c1-6-19(25)21-15-8-9-18(17(12-15)20(26)27)23(5)11-10-16-13(3)22-24(7-2)14(16)4/h8-9,12H,6-7,10-11H2,1-5H3,(H,21,25)(H,26,27). The van der Waals surface area contributed by atoms with Crippen LogP contribution in [-0.4, -0.2) is 40.4 Å². The molecule has 0 spiro atoms. The van der Waals surface area contributed by atoms with Gasteiger partial charge >= 0.3 is 5.97 Å². The fourth-order valence-corrected chi connectivity index (χ4v) is 3.17. The maximum absolute atomic E-state index is 11.7. The van der Waals surface area contributed by atoms with Crippen molar-refractivity contribution in [2.45, 2.75) is 47.1 Å². The van der Waals surface area contributed by atoms with E-state index in [0.717, 1.165) is 24.4 Å². The number of amides is 1. The van der Waals surface area contributed by atoms with Gasteiger partial charge in [-0.25, -0.2) is 4.79 Å². The SMILES string of the molecule is CCC(=O)Nc1ccc(N(C)CCc2c(C)nn(CC)c2C)c(C(=O)O)c1. The molecule has 0 fully saturated rings. The Kier molecular flexibility index (Phi) is 6.60. The number of carbonyl (C=O) groups excluding carboxylic acids is 1. The Bertz CT molecular complexity index is 842. The number of nitrogens with zero attached hydrogens (tertiary/aromatic N) is 3. The van der Waals surface area contributed by atoms with Crippen molar-refractivity contribution in [2.24, 2.45) is 0 Å². The molecule has 0 atom stereocenters. The van der Waals surface area contributed by atoms with Gasteiger partial charge in [0, 0.05) is 37.9 Å². The average molecular weight is 372 g/mol. The average Bonchev–Trinajstić information content (AvgIpc) is 2.92. The maximum atomic E-state index is 11.7. The number of rotatable bonds is 8. The first-order valence-electron chi connectivity index (χ1n) is 9.19. The van der Waals surface area contributed by atoms with Gasteiger partial charge in [0.25, 0.3) is 0 Å². The fraction of sp³-hybridized carbons (Fsp3) is 0.450. The van der Waals surface area contributed by atoms with Crippen LogP contribution in [0.15, 0.2) is 18.2 Å². The van der Waals surface area contributed by atoms with E-state index in [-0.39, 0.29) is 11.5 Å². The van der Waals surface area contributed by atoms with Gasteiger partial charge in [-0.05, 0) is 51.0 Å². The Morgan fingerprint density at radius 2 is 1.96 bits per heavy atom. The Hall–Kier alpha value is -2.83. The number of anilines is 2. The minimum Gasteiger partial charge on any atom is -0.478 e. The third-order valence-corrected chi connectivity index (χ3v) is 4.77. The van der Waals surface area contributed by atoms with Crippen LogP contribution in [0.5, 0.6) is 0 Å². The summed E-state index contributed by atoms with van der Waals surface area (Å²) in [5.41, 5.74) is 4.65. The lowest BCUT2D eigenvalue weighted by molar-refractivity contribution is -0.115. The zero-order valence-corrected chi connectivity index (χ0v) is 16.7. The van der Waals surface area contributed by atoms with Crippen LogP contribution in [0.2, 0.25) is 0 Å². The summed E-state index contributed by atoms with van der Waals surface area (Å²) in [7, 11) is 1.88. The number of nitrogens with one attached hydrogen (secondary N) is 1. The molecule has 2 rings (SSSR count). The second-order valence-electron chi connectivity index (χ2n) is 6.58. The first-order chi connectivity index (χ1) is 12.8. The van der Waals surface area contributed by atoms with Gasteiger partial charge in [0.15, 0.2) is 0 Å². The third-order valence-electron chi connectivity index (χ3n) is 4.77. The number of carboxylic acids is 1. The molecule has 7 nitrogen and oxygen atoms in total. The monoisotopic (exact) mass is 372 g/mol. The van der Waals surface area contributed by atoms with Crippen molar-refractivity contribution in [1.82, 2.24) is 9.78 Å². The van der Waals surface area contributed by atoms with Gasteiger partial charge in [0.2, 0.25) is 5.91 Å². The van der Waals surface area contributed by atoms with Gasteiger partial charge in [-0.15, -0.1) is 0 Å². The molecule has 1 aromatic heterocycles. The Morgan fingerprint density at radius 1 is 1.26 bits per heavy atom. The molecule has 1 heterocycles. The lowest BCUT2D eigenvalue weighted by Gasteiger charge is -2.22. The van der Waals surface area contributed by atoms with Gasteiger partial charge in [-0.2, -0.15) is 5.10 Å². The molecule has 2 aromatic rings. The van der Waals surface area contributed by atoms with E-state index >= 15 is 0 Å². The molecule has 0 bridgehead atoms. The van der Waals surface area contributed by atoms with Gasteiger partial charge in [0.1, 0.15) is 0 Å². The predicted octanol–water partition coefficient (Wildman–Crippen LogP) is 3.25. The molecule has 146 valence electrons. The Morgan fingerprint density at radius 3 is 2.52 bits per heavy atom. The molecule has 7 heteroatoms. The van der Waals surface area contributed by atoms with Crippen molar-refractivity contribution in [3.8, 4) is 0 Å². The highest BCUT2D eigenvalue weighted by Crippen LogP contribution is 2.25. The topological polar surface area (TPSA) is 87.5 Å². The zero-order chi connectivity index (χ0) is 20.1. The van der Waals surface area contributed by atoms with Crippen LogP contribution >= 0.6 is 0 Å². The molecule has 0 unspecified atom stereocenters. The van der Waals surface area contributed by atoms with Crippen LogP contribution in [0, 0.1) is 13.8 Å². The summed E-state index contributed by atoms with van der Waals surface area (Å²) in [5.74, 6) is -1.16. The van der Waals surface area contributed by atoms with E-state index in [1.165, 1.54) is 11.6 Å². The molecule has 1 aromatic carbocycles. The van der Waals surface area contributed by atoms with Crippen molar-refractivity contribution in [3.05, 3.63) is 40.7 Å². The highest BCUT2D eigenvalue weighted by Gasteiger charge is 2.17. The van der Waals surface area contributed by atoms with Gasteiger partial charge < -0.3 is 15.3 Å². The van der Waals surface area contributed by atoms with Crippen LogP contribution in [0.25, 0.3) is 0 Å². The quantitative estimate of drug-likeness (QED) is 0.743. The summed E-state index contributed by atoms with van der Waals surface area (Å²) < 4.78 is 1.98. The fourth-order valence-electron chi connectivity index (χ4n) is 3.17. The first-order valence-corrected chi connectivity index (χ1v) is 9.19. The van der Waals surface area contributed by atoms with E-state index in [1.54, 1.807) is 19.1 Å². The number of hydrogen-bond acceptors (Lipinski definition) is 4. The van der Waals surface area contributed by atoms with Crippen LogP contribution in [0.4, 0.5) is 11.4 Å². The molecule has 1 amide bonds. The lowest BCUT2D eigenvalue weighted by Crippen LogP contribution is -2.23. The molecule has 0 radical (unpaired) electrons. The number of hydrogen-bond donors (Lipinski definition) is 2. The molecule has 0 saturated carbocycles. The summed E-state index contributed by atoms with van der Waals surface area (Å²) >= 11 is 0. The van der Waals surface area contributed by atoms with Crippen LogP contribution in [-0.2, 0) is 17.8 Å². The van der Waals surface area contributed by atoms with Gasteiger partial charge in [0.05, 0.1) is 16.9 Å². The zero-order valence-electron chi connectivity index (χ0n) is 16.7. The minimum absolute atomic E-state index is 0.147. The highest BCUT2D eigenvalue weighted by atomic mass is 16.4. The van der Waals surface area contributed by atoms with Crippen LogP contribution in [0.1, 0.15) is 47.6 Å². The minimum atomic E-state index is -1.02. The lowest BCUT2D eigenvalue weighted by atomic mass is 10.1. The summed E-state index contributed by atoms with van der Waals surface area (Å²) in [6, 6.07) is 4.98.